The summed E-state index contributed by atoms with van der Waals surface area (Å²) >= 11 is 6.21. The molecule has 2 aliphatic heterocycles. The van der Waals surface area contributed by atoms with E-state index in [-0.39, 0.29) is 17.1 Å². The average molecular weight is 440 g/mol. The molecule has 0 spiro atoms. The van der Waals surface area contributed by atoms with E-state index in [4.69, 9.17) is 21.7 Å². The van der Waals surface area contributed by atoms with Gasteiger partial charge in [0.2, 0.25) is 0 Å². The highest BCUT2D eigenvalue weighted by atomic mass is 35.5. The molecule has 9 heteroatoms. The van der Waals surface area contributed by atoms with Gasteiger partial charge in [-0.3, -0.25) is 4.79 Å². The van der Waals surface area contributed by atoms with E-state index >= 15 is 0 Å². The van der Waals surface area contributed by atoms with Crippen molar-refractivity contribution in [2.24, 2.45) is 0 Å². The number of carbonyl (C=O) groups is 1. The van der Waals surface area contributed by atoms with Gasteiger partial charge in [0.1, 0.15) is 5.82 Å². The Bertz CT molecular complexity index is 1140. The third-order valence-electron chi connectivity index (χ3n) is 6.24. The highest BCUT2D eigenvalue weighted by Gasteiger charge is 2.32. The lowest BCUT2D eigenvalue weighted by Gasteiger charge is -2.34. The fourth-order valence-electron chi connectivity index (χ4n) is 4.69. The fourth-order valence-corrected chi connectivity index (χ4v) is 4.87. The molecule has 3 aromatic rings. The molecule has 162 valence electrons. The highest BCUT2D eigenvalue weighted by Crippen LogP contribution is 2.33. The van der Waals surface area contributed by atoms with Crippen LogP contribution < -0.4 is 4.90 Å². The van der Waals surface area contributed by atoms with Crippen molar-refractivity contribution in [2.45, 2.75) is 52.0 Å². The summed E-state index contributed by atoms with van der Waals surface area (Å²) in [7, 11) is 0. The summed E-state index contributed by atoms with van der Waals surface area (Å²) in [6.07, 6.45) is 7.34. The van der Waals surface area contributed by atoms with Crippen LogP contribution in [0.4, 0.5) is 5.82 Å². The molecule has 0 N–H and O–H groups in total. The molecule has 1 atom stereocenters. The van der Waals surface area contributed by atoms with Crippen LogP contribution in [0.25, 0.3) is 5.65 Å². The molecule has 2 aliphatic rings. The van der Waals surface area contributed by atoms with Gasteiger partial charge in [-0.2, -0.15) is 10.2 Å². The van der Waals surface area contributed by atoms with Crippen molar-refractivity contribution >= 4 is 29.0 Å². The third-order valence-corrected chi connectivity index (χ3v) is 6.52. The fraction of sp³-hybridized carbons (Fsp3) is 0.500. The number of carbonyl (C=O) groups excluding carboxylic acids is 1. The minimum absolute atomic E-state index is 0.108. The zero-order valence-electron chi connectivity index (χ0n) is 17.9. The van der Waals surface area contributed by atoms with Crippen LogP contribution in [0.2, 0.25) is 5.15 Å². The molecular weight excluding hydrogens is 414 g/mol. The van der Waals surface area contributed by atoms with Gasteiger partial charge in [0.25, 0.3) is 5.91 Å². The lowest BCUT2D eigenvalue weighted by Crippen LogP contribution is -2.39. The summed E-state index contributed by atoms with van der Waals surface area (Å²) in [6, 6.07) is 3.62. The first kappa shape index (κ1) is 20.2. The van der Waals surface area contributed by atoms with Crippen LogP contribution in [-0.4, -0.2) is 55.2 Å². The van der Waals surface area contributed by atoms with Gasteiger partial charge >= 0.3 is 0 Å². The second kappa shape index (κ2) is 8.07. The van der Waals surface area contributed by atoms with Crippen LogP contribution in [0, 0.1) is 13.8 Å². The Morgan fingerprint density at radius 3 is 2.65 bits per heavy atom. The molecule has 0 bridgehead atoms. The van der Waals surface area contributed by atoms with Crippen molar-refractivity contribution in [2.75, 3.05) is 24.5 Å². The quantitative estimate of drug-likeness (QED) is 0.618. The second-order valence-electron chi connectivity index (χ2n) is 8.51. The zero-order valence-corrected chi connectivity index (χ0v) is 18.6. The molecule has 3 aromatic heterocycles. The van der Waals surface area contributed by atoms with E-state index in [0.717, 1.165) is 55.1 Å². The van der Waals surface area contributed by atoms with Crippen LogP contribution >= 0.6 is 11.6 Å². The maximum absolute atomic E-state index is 13.4. The molecule has 31 heavy (non-hydrogen) atoms. The molecule has 0 aromatic carbocycles. The smallest absolute Gasteiger partial charge is 0.257 e. The Balaban J connectivity index is 1.49. The molecule has 0 aliphatic carbocycles. The number of anilines is 1. The van der Waals surface area contributed by atoms with Crippen LogP contribution in [0.5, 0.6) is 0 Å². The predicted octanol–water partition coefficient (Wildman–Crippen LogP) is 3.76. The summed E-state index contributed by atoms with van der Waals surface area (Å²) in [4.78, 5) is 22.5. The Labute approximate surface area is 186 Å². The molecule has 1 unspecified atom stereocenters. The maximum Gasteiger partial charge on any atom is 0.257 e. The van der Waals surface area contributed by atoms with Crippen molar-refractivity contribution in [1.82, 2.24) is 29.7 Å². The van der Waals surface area contributed by atoms with Crippen LogP contribution in [0.3, 0.4) is 0 Å². The van der Waals surface area contributed by atoms with Crippen LogP contribution in [-0.2, 0) is 0 Å². The Morgan fingerprint density at radius 2 is 1.84 bits per heavy atom. The van der Waals surface area contributed by atoms with Crippen molar-refractivity contribution in [3.63, 3.8) is 0 Å². The minimum Gasteiger partial charge on any atom is -0.356 e. The summed E-state index contributed by atoms with van der Waals surface area (Å²) in [5, 5.41) is 12.8. The van der Waals surface area contributed by atoms with Gasteiger partial charge in [0, 0.05) is 37.5 Å². The predicted molar refractivity (Wildman–Crippen MR) is 119 cm³/mol. The SMILES string of the molecule is Cc1cc(C(=O)N2CCCCC2c2cc3nc(N4CCCC4)c(C)cn3n2)c(Cl)nn1. The first-order valence-corrected chi connectivity index (χ1v) is 11.3. The first-order chi connectivity index (χ1) is 15.0. The van der Waals surface area contributed by atoms with Gasteiger partial charge < -0.3 is 9.80 Å². The topological polar surface area (TPSA) is 79.5 Å². The number of hydrogen-bond donors (Lipinski definition) is 0. The largest absolute Gasteiger partial charge is 0.356 e. The number of aromatic nitrogens is 5. The number of aryl methyl sites for hydroxylation is 2. The zero-order chi connectivity index (χ0) is 21.5. The number of nitrogens with zero attached hydrogens (tertiary/aromatic N) is 7. The standard InChI is InChI=1S/C22H26ClN7O/c1-14-13-30-19(24-21(14)28-8-5-6-9-28)12-17(27-30)18-7-3-4-10-29(18)22(31)16-11-15(2)25-26-20(16)23/h11-13,18H,3-10H2,1-2H3. The number of piperidine rings is 1. The van der Waals surface area contributed by atoms with E-state index in [9.17, 15) is 4.79 Å². The number of rotatable bonds is 3. The maximum atomic E-state index is 13.4. The summed E-state index contributed by atoms with van der Waals surface area (Å²) in [6.45, 7) is 6.66. The van der Waals surface area contributed by atoms with Gasteiger partial charge in [-0.05, 0) is 52.0 Å². The van der Waals surface area contributed by atoms with Crippen molar-refractivity contribution in [1.29, 1.82) is 0 Å². The van der Waals surface area contributed by atoms with Crippen LogP contribution in [0.1, 0.15) is 65.5 Å². The van der Waals surface area contributed by atoms with E-state index in [1.165, 1.54) is 12.8 Å². The Morgan fingerprint density at radius 1 is 1.06 bits per heavy atom. The normalized spacial score (nSPS) is 19.4. The molecule has 0 radical (unpaired) electrons. The molecular formula is C22H26ClN7O. The van der Waals surface area contributed by atoms with Crippen molar-refractivity contribution in [3.05, 3.63) is 46.0 Å². The van der Waals surface area contributed by atoms with Crippen molar-refractivity contribution in [3.8, 4) is 0 Å². The lowest BCUT2D eigenvalue weighted by molar-refractivity contribution is 0.0605. The molecule has 1 amide bonds. The number of fused-ring (bicyclic) bond motifs is 1. The van der Waals surface area contributed by atoms with Gasteiger partial charge in [0.15, 0.2) is 10.8 Å². The Kier molecular flexibility index (Phi) is 5.25. The number of halogens is 1. The summed E-state index contributed by atoms with van der Waals surface area (Å²) in [5.74, 6) is 0.921. The van der Waals surface area contributed by atoms with Gasteiger partial charge in [-0.15, -0.1) is 5.10 Å². The summed E-state index contributed by atoms with van der Waals surface area (Å²) < 4.78 is 1.84. The number of hydrogen-bond acceptors (Lipinski definition) is 6. The molecule has 5 heterocycles. The third kappa shape index (κ3) is 3.73. The van der Waals surface area contributed by atoms with Crippen LogP contribution in [0.15, 0.2) is 18.3 Å². The second-order valence-corrected chi connectivity index (χ2v) is 8.87. The van der Waals surface area contributed by atoms with E-state index in [0.29, 0.717) is 17.8 Å². The van der Waals surface area contributed by atoms with E-state index < -0.39 is 0 Å². The van der Waals surface area contributed by atoms with Crippen molar-refractivity contribution < 1.29 is 4.79 Å². The molecule has 8 nitrogen and oxygen atoms in total. The lowest BCUT2D eigenvalue weighted by atomic mass is 9.98. The average Bonchev–Trinajstić information content (AvgIpc) is 3.44. The van der Waals surface area contributed by atoms with E-state index in [1.807, 2.05) is 28.6 Å². The minimum atomic E-state index is -0.119. The van der Waals surface area contributed by atoms with Gasteiger partial charge in [-0.1, -0.05) is 11.6 Å². The number of likely N-dealkylation sites (tertiary alicyclic amines) is 1. The van der Waals surface area contributed by atoms with E-state index in [2.05, 4.69) is 22.0 Å². The number of amides is 1. The molecule has 0 saturated carbocycles. The Hall–Kier alpha value is -2.74. The molecule has 2 fully saturated rings. The molecule has 2 saturated heterocycles. The van der Waals surface area contributed by atoms with Gasteiger partial charge in [0.05, 0.1) is 23.0 Å². The monoisotopic (exact) mass is 439 g/mol. The summed E-state index contributed by atoms with van der Waals surface area (Å²) in [5.41, 5.74) is 3.87. The van der Waals surface area contributed by atoms with E-state index in [1.54, 1.807) is 6.07 Å². The van der Waals surface area contributed by atoms with Gasteiger partial charge in [-0.25, -0.2) is 9.50 Å². The highest BCUT2D eigenvalue weighted by molar-refractivity contribution is 6.32. The first-order valence-electron chi connectivity index (χ1n) is 10.9. The molecule has 5 rings (SSSR count).